The molecule has 14 nitrogen and oxygen atoms in total. The highest BCUT2D eigenvalue weighted by Gasteiger charge is 2.21. The monoisotopic (exact) mass is 880 g/mol. The van der Waals surface area contributed by atoms with Gasteiger partial charge in [0.1, 0.15) is 9.79 Å². The number of nitrogens with one attached hydrogen (secondary N) is 2. The summed E-state index contributed by atoms with van der Waals surface area (Å²) in [6.45, 7) is 0. The molecule has 6 aromatic carbocycles. The van der Waals surface area contributed by atoms with Gasteiger partial charge in [-0.3, -0.25) is 9.59 Å². The number of primary sulfonamides is 2. The SMILES string of the molecule is NS(=O)(=O)c1cc(NC(=O)Cc2ccccc2Cl)ccc1-n1cc2ccccc2n1.NS(=O)(=O)c1cc(NC(=O)Cc2ccccc2Cl)ccc1-n1ncc2ccccc21. The lowest BCUT2D eigenvalue weighted by atomic mass is 10.1. The van der Waals surface area contributed by atoms with E-state index in [0.717, 1.165) is 21.8 Å². The van der Waals surface area contributed by atoms with E-state index >= 15 is 0 Å². The van der Waals surface area contributed by atoms with Crippen molar-refractivity contribution in [3.63, 3.8) is 0 Å². The van der Waals surface area contributed by atoms with Crippen molar-refractivity contribution in [3.05, 3.63) is 167 Å². The van der Waals surface area contributed by atoms with Crippen LogP contribution in [0.15, 0.2) is 156 Å². The fourth-order valence-corrected chi connectivity index (χ4v) is 8.18. The van der Waals surface area contributed by atoms with Crippen LogP contribution < -0.4 is 20.9 Å². The van der Waals surface area contributed by atoms with Gasteiger partial charge in [-0.15, -0.1) is 0 Å². The van der Waals surface area contributed by atoms with Crippen molar-refractivity contribution in [1.29, 1.82) is 0 Å². The fourth-order valence-electron chi connectivity index (χ4n) is 6.30. The molecular weight excluding hydrogens is 848 g/mol. The molecule has 2 heterocycles. The third kappa shape index (κ3) is 9.72. The number of nitrogens with two attached hydrogens (primary N) is 2. The number of aromatic nitrogens is 4. The minimum absolute atomic E-state index is 0.0515. The third-order valence-electron chi connectivity index (χ3n) is 9.08. The summed E-state index contributed by atoms with van der Waals surface area (Å²) in [5, 5.41) is 27.6. The van der Waals surface area contributed by atoms with Gasteiger partial charge in [-0.2, -0.15) is 10.2 Å². The van der Waals surface area contributed by atoms with E-state index < -0.39 is 20.0 Å². The van der Waals surface area contributed by atoms with E-state index in [1.165, 1.54) is 21.5 Å². The highest BCUT2D eigenvalue weighted by atomic mass is 35.5. The van der Waals surface area contributed by atoms with Crippen molar-refractivity contribution in [1.82, 2.24) is 19.6 Å². The van der Waals surface area contributed by atoms with Crippen LogP contribution in [0.2, 0.25) is 10.0 Å². The minimum Gasteiger partial charge on any atom is -0.326 e. The number of hydrogen-bond acceptors (Lipinski definition) is 8. The molecule has 0 spiro atoms. The number of benzene rings is 6. The van der Waals surface area contributed by atoms with Crippen LogP contribution in [0.4, 0.5) is 11.4 Å². The highest BCUT2D eigenvalue weighted by Crippen LogP contribution is 2.28. The second kappa shape index (κ2) is 17.4. The standard InChI is InChI=1S/2C21H17ClN4O3S/c22-17-7-3-1-5-14(17)11-21(27)24-16-9-10-19(20(12-16)30(23,28)29)26-13-15-6-2-4-8-18(15)25-26;22-17-7-3-1-5-14(17)11-21(27)25-16-9-10-19(20(12-16)30(23,28)29)26-18-8-4-2-6-15(18)13-24-26/h1-10,12-13H,11H2,(H,24,27)(H2,23,28,29);1-10,12-13H,11H2,(H,25,27)(H2,23,28,29). The summed E-state index contributed by atoms with van der Waals surface area (Å²) >= 11 is 12.2. The number of amides is 2. The smallest absolute Gasteiger partial charge is 0.240 e. The predicted octanol–water partition coefficient (Wildman–Crippen LogP) is 7.02. The topological polar surface area (TPSA) is 214 Å². The van der Waals surface area contributed by atoms with E-state index in [1.807, 2.05) is 48.5 Å². The Labute approximate surface area is 354 Å². The number of fused-ring (bicyclic) bond motifs is 2. The molecule has 2 amide bonds. The molecule has 0 fully saturated rings. The van der Waals surface area contributed by atoms with Crippen molar-refractivity contribution >= 4 is 88.2 Å². The first-order chi connectivity index (χ1) is 28.6. The lowest BCUT2D eigenvalue weighted by Crippen LogP contribution is -2.18. The molecule has 6 N–H and O–H groups in total. The summed E-state index contributed by atoms with van der Waals surface area (Å²) in [4.78, 5) is 24.5. The van der Waals surface area contributed by atoms with Crippen LogP contribution in [0.1, 0.15) is 11.1 Å². The Morgan fingerprint density at radius 1 is 0.600 bits per heavy atom. The van der Waals surface area contributed by atoms with Crippen LogP contribution in [0.25, 0.3) is 33.2 Å². The molecule has 8 rings (SSSR count). The van der Waals surface area contributed by atoms with Crippen molar-refractivity contribution in [2.45, 2.75) is 22.6 Å². The molecule has 18 heteroatoms. The number of nitrogens with zero attached hydrogens (tertiary/aromatic N) is 4. The van der Waals surface area contributed by atoms with E-state index in [9.17, 15) is 26.4 Å². The first-order valence-electron chi connectivity index (χ1n) is 17.9. The Morgan fingerprint density at radius 3 is 1.63 bits per heavy atom. The number of sulfonamides is 2. The maximum atomic E-state index is 12.4. The number of carbonyl (C=O) groups excluding carboxylic acids is 2. The lowest BCUT2D eigenvalue weighted by molar-refractivity contribution is -0.116. The van der Waals surface area contributed by atoms with E-state index in [-0.39, 0.29) is 40.1 Å². The summed E-state index contributed by atoms with van der Waals surface area (Å²) in [5.74, 6) is -0.665. The Balaban J connectivity index is 0.000000181. The van der Waals surface area contributed by atoms with Crippen LogP contribution >= 0.6 is 23.2 Å². The summed E-state index contributed by atoms with van der Waals surface area (Å²) < 4.78 is 51.9. The molecule has 0 aliphatic carbocycles. The zero-order chi connectivity index (χ0) is 42.6. The number of halogens is 2. The number of rotatable bonds is 10. The molecule has 0 aliphatic heterocycles. The first-order valence-corrected chi connectivity index (χ1v) is 21.8. The second-order valence-electron chi connectivity index (χ2n) is 13.3. The molecule has 0 unspecified atom stereocenters. The van der Waals surface area contributed by atoms with Gasteiger partial charge in [-0.05, 0) is 71.8 Å². The van der Waals surface area contributed by atoms with Crippen LogP contribution in [0, 0.1) is 0 Å². The zero-order valence-electron chi connectivity index (χ0n) is 31.2. The van der Waals surface area contributed by atoms with Crippen LogP contribution in [-0.4, -0.2) is 48.2 Å². The van der Waals surface area contributed by atoms with E-state index in [2.05, 4.69) is 20.8 Å². The van der Waals surface area contributed by atoms with Gasteiger partial charge in [0, 0.05) is 38.4 Å². The second-order valence-corrected chi connectivity index (χ2v) is 17.2. The lowest BCUT2D eigenvalue weighted by Gasteiger charge is -2.12. The number of hydrogen-bond donors (Lipinski definition) is 4. The third-order valence-corrected chi connectivity index (χ3v) is 11.7. The van der Waals surface area contributed by atoms with Gasteiger partial charge in [0.2, 0.25) is 31.9 Å². The first kappa shape index (κ1) is 41.7. The van der Waals surface area contributed by atoms with Crippen molar-refractivity contribution in [3.8, 4) is 11.4 Å². The summed E-state index contributed by atoms with van der Waals surface area (Å²) in [6.07, 6.45) is 3.46. The van der Waals surface area contributed by atoms with Crippen molar-refractivity contribution < 1.29 is 26.4 Å². The Kier molecular flexibility index (Phi) is 12.1. The molecule has 0 atom stereocenters. The van der Waals surface area contributed by atoms with Crippen molar-refractivity contribution in [2.24, 2.45) is 10.3 Å². The van der Waals surface area contributed by atoms with Gasteiger partial charge in [-0.1, -0.05) is 96.0 Å². The van der Waals surface area contributed by atoms with Crippen LogP contribution in [0.5, 0.6) is 0 Å². The summed E-state index contributed by atoms with van der Waals surface area (Å²) in [6, 6.07) is 37.8. The Morgan fingerprint density at radius 2 is 1.08 bits per heavy atom. The van der Waals surface area contributed by atoms with Crippen LogP contribution in [-0.2, 0) is 42.5 Å². The average Bonchev–Trinajstić information content (AvgIpc) is 3.84. The molecule has 60 heavy (non-hydrogen) atoms. The molecule has 0 saturated heterocycles. The zero-order valence-corrected chi connectivity index (χ0v) is 34.4. The summed E-state index contributed by atoms with van der Waals surface area (Å²) in [7, 11) is -8.16. The van der Waals surface area contributed by atoms with E-state index in [1.54, 1.807) is 85.2 Å². The molecule has 8 aromatic rings. The number of anilines is 2. The molecule has 2 aromatic heterocycles. The van der Waals surface area contributed by atoms with Gasteiger partial charge < -0.3 is 10.6 Å². The average molecular weight is 882 g/mol. The van der Waals surface area contributed by atoms with Gasteiger partial charge in [-0.25, -0.2) is 36.5 Å². The molecule has 0 bridgehead atoms. The predicted molar refractivity (Wildman–Crippen MR) is 232 cm³/mol. The molecule has 0 aliphatic rings. The largest absolute Gasteiger partial charge is 0.326 e. The molecule has 304 valence electrons. The number of para-hydroxylation sites is 1. The maximum Gasteiger partial charge on any atom is 0.240 e. The molecular formula is C42H34Cl2N8O6S2. The Hall–Kier alpha value is -6.40. The normalized spacial score (nSPS) is 11.5. The van der Waals surface area contributed by atoms with E-state index in [4.69, 9.17) is 33.5 Å². The quantitative estimate of drug-likeness (QED) is 0.112. The molecule has 0 radical (unpaired) electrons. The van der Waals surface area contributed by atoms with E-state index in [0.29, 0.717) is 38.2 Å². The van der Waals surface area contributed by atoms with Gasteiger partial charge >= 0.3 is 0 Å². The van der Waals surface area contributed by atoms with Gasteiger partial charge in [0.05, 0.1) is 41.4 Å². The summed E-state index contributed by atoms with van der Waals surface area (Å²) in [5.41, 5.74) is 3.98. The highest BCUT2D eigenvalue weighted by molar-refractivity contribution is 7.89. The fraction of sp³-hybridized carbons (Fsp3) is 0.0476. The van der Waals surface area contributed by atoms with Gasteiger partial charge in [0.25, 0.3) is 0 Å². The minimum atomic E-state index is -4.09. The van der Waals surface area contributed by atoms with Gasteiger partial charge in [0.15, 0.2) is 0 Å². The van der Waals surface area contributed by atoms with Crippen LogP contribution in [0.3, 0.4) is 0 Å². The molecule has 0 saturated carbocycles. The Bertz CT molecular complexity index is 3110. The van der Waals surface area contributed by atoms with Crippen molar-refractivity contribution in [2.75, 3.05) is 10.6 Å². The number of carbonyl (C=O) groups is 2. The maximum absolute atomic E-state index is 12.4.